The minimum Gasteiger partial charge on any atom is -0.482 e. The number of hydrogen-bond donors (Lipinski definition) is 1. The minimum absolute atomic E-state index is 0.0513. The van der Waals surface area contributed by atoms with Gasteiger partial charge in [0.1, 0.15) is 5.75 Å². The number of ether oxygens (including phenoxy) is 2. The molecule has 6 nitrogen and oxygen atoms in total. The summed E-state index contributed by atoms with van der Waals surface area (Å²) in [7, 11) is 0. The summed E-state index contributed by atoms with van der Waals surface area (Å²) in [5.41, 5.74) is 3.26. The van der Waals surface area contributed by atoms with Crippen molar-refractivity contribution in [3.63, 3.8) is 0 Å². The first-order valence-corrected chi connectivity index (χ1v) is 8.57. The smallest absolute Gasteiger partial charge is 0.344 e. The van der Waals surface area contributed by atoms with Gasteiger partial charge in [0.05, 0.1) is 0 Å². The summed E-state index contributed by atoms with van der Waals surface area (Å²) in [6, 6.07) is 12.1. The Balaban J connectivity index is 1.83. The minimum atomic E-state index is -0.957. The van der Waals surface area contributed by atoms with Crippen molar-refractivity contribution in [1.82, 2.24) is 0 Å². The molecular weight excluding hydrogens is 346 g/mol. The van der Waals surface area contributed by atoms with Crippen molar-refractivity contribution in [3.8, 4) is 5.75 Å². The highest BCUT2D eigenvalue weighted by molar-refractivity contribution is 5.96. The van der Waals surface area contributed by atoms with Crippen molar-refractivity contribution in [3.05, 3.63) is 59.2 Å². The molecule has 0 spiro atoms. The van der Waals surface area contributed by atoms with Gasteiger partial charge in [0.15, 0.2) is 18.5 Å². The number of benzene rings is 2. The van der Waals surface area contributed by atoms with Crippen molar-refractivity contribution in [2.45, 2.75) is 33.8 Å². The van der Waals surface area contributed by atoms with E-state index in [4.69, 9.17) is 9.47 Å². The number of rotatable bonds is 7. The number of esters is 1. The molecule has 0 fully saturated rings. The zero-order valence-corrected chi connectivity index (χ0v) is 15.9. The highest BCUT2D eigenvalue weighted by Gasteiger charge is 2.19. The SMILES string of the molecule is CC(=O)c1ccc(OCC(=O)O[C@@H](C)C(=O)Nc2ccc(C)cc2C)cc1. The van der Waals surface area contributed by atoms with E-state index in [-0.39, 0.29) is 12.4 Å². The van der Waals surface area contributed by atoms with Crippen molar-refractivity contribution < 1.29 is 23.9 Å². The highest BCUT2D eigenvalue weighted by atomic mass is 16.6. The monoisotopic (exact) mass is 369 g/mol. The predicted molar refractivity (Wildman–Crippen MR) is 102 cm³/mol. The molecule has 0 aliphatic carbocycles. The summed E-state index contributed by atoms with van der Waals surface area (Å²) in [6.07, 6.45) is -0.957. The van der Waals surface area contributed by atoms with Gasteiger partial charge in [0.2, 0.25) is 0 Å². The van der Waals surface area contributed by atoms with Gasteiger partial charge in [-0.1, -0.05) is 17.7 Å². The molecule has 1 atom stereocenters. The van der Waals surface area contributed by atoms with E-state index in [1.54, 1.807) is 24.3 Å². The Labute approximate surface area is 158 Å². The summed E-state index contributed by atoms with van der Waals surface area (Å²) < 4.78 is 10.4. The molecule has 1 N–H and O–H groups in total. The maximum atomic E-state index is 12.2. The average Bonchev–Trinajstić information content (AvgIpc) is 2.62. The summed E-state index contributed by atoms with van der Waals surface area (Å²) in [5.74, 6) is -0.691. The fraction of sp³-hybridized carbons (Fsp3) is 0.286. The number of carbonyl (C=O) groups is 3. The van der Waals surface area contributed by atoms with E-state index < -0.39 is 18.0 Å². The first-order chi connectivity index (χ1) is 12.8. The molecule has 0 aromatic heterocycles. The quantitative estimate of drug-likeness (QED) is 0.597. The van der Waals surface area contributed by atoms with Gasteiger partial charge in [-0.15, -0.1) is 0 Å². The molecule has 0 radical (unpaired) electrons. The van der Waals surface area contributed by atoms with Gasteiger partial charge in [-0.2, -0.15) is 0 Å². The average molecular weight is 369 g/mol. The van der Waals surface area contributed by atoms with Gasteiger partial charge >= 0.3 is 5.97 Å². The molecule has 0 saturated heterocycles. The molecule has 1 amide bonds. The normalized spacial score (nSPS) is 11.4. The van der Waals surface area contributed by atoms with Gasteiger partial charge in [0.25, 0.3) is 5.91 Å². The Bertz CT molecular complexity index is 842. The van der Waals surface area contributed by atoms with E-state index in [9.17, 15) is 14.4 Å². The van der Waals surface area contributed by atoms with E-state index >= 15 is 0 Å². The molecule has 2 aromatic carbocycles. The van der Waals surface area contributed by atoms with Gasteiger partial charge < -0.3 is 14.8 Å². The van der Waals surface area contributed by atoms with Crippen molar-refractivity contribution in [2.24, 2.45) is 0 Å². The Morgan fingerprint density at radius 1 is 1.04 bits per heavy atom. The number of nitrogens with one attached hydrogen (secondary N) is 1. The molecule has 6 heteroatoms. The molecule has 2 rings (SSSR count). The predicted octanol–water partition coefficient (Wildman–Crippen LogP) is 3.46. The van der Waals surface area contributed by atoms with E-state index in [0.29, 0.717) is 17.0 Å². The third-order valence-electron chi connectivity index (χ3n) is 3.93. The molecule has 0 bridgehead atoms. The fourth-order valence-electron chi connectivity index (χ4n) is 2.40. The van der Waals surface area contributed by atoms with Crippen LogP contribution in [0.3, 0.4) is 0 Å². The van der Waals surface area contributed by atoms with Crippen molar-refractivity contribution in [2.75, 3.05) is 11.9 Å². The number of aryl methyl sites for hydroxylation is 2. The first kappa shape index (κ1) is 20.2. The van der Waals surface area contributed by atoms with E-state index in [1.807, 2.05) is 32.0 Å². The van der Waals surface area contributed by atoms with Gasteiger partial charge in [0, 0.05) is 11.3 Å². The van der Waals surface area contributed by atoms with Crippen LogP contribution in [0, 0.1) is 13.8 Å². The fourth-order valence-corrected chi connectivity index (χ4v) is 2.40. The van der Waals surface area contributed by atoms with Crippen LogP contribution in [0.15, 0.2) is 42.5 Å². The zero-order valence-electron chi connectivity index (χ0n) is 15.9. The zero-order chi connectivity index (χ0) is 20.0. The van der Waals surface area contributed by atoms with E-state index in [0.717, 1.165) is 11.1 Å². The third kappa shape index (κ3) is 5.95. The van der Waals surface area contributed by atoms with Crippen LogP contribution in [0.2, 0.25) is 0 Å². The summed E-state index contributed by atoms with van der Waals surface area (Å²) >= 11 is 0. The highest BCUT2D eigenvalue weighted by Crippen LogP contribution is 2.17. The van der Waals surface area contributed by atoms with Crippen LogP contribution in [0.25, 0.3) is 0 Å². The third-order valence-corrected chi connectivity index (χ3v) is 3.93. The van der Waals surface area contributed by atoms with E-state index in [2.05, 4.69) is 5.32 Å². The second kappa shape index (κ2) is 8.98. The van der Waals surface area contributed by atoms with Crippen molar-refractivity contribution >= 4 is 23.3 Å². The summed E-state index contributed by atoms with van der Waals surface area (Å²) in [6.45, 7) is 6.50. The molecule has 142 valence electrons. The molecule has 0 heterocycles. The van der Waals surface area contributed by atoms with Gasteiger partial charge in [-0.3, -0.25) is 9.59 Å². The summed E-state index contributed by atoms with van der Waals surface area (Å²) in [5, 5.41) is 2.74. The Hall–Kier alpha value is -3.15. The van der Waals surface area contributed by atoms with Crippen LogP contribution in [0.4, 0.5) is 5.69 Å². The molecule has 0 aliphatic heterocycles. The second-order valence-electron chi connectivity index (χ2n) is 6.31. The van der Waals surface area contributed by atoms with Crippen LogP contribution in [0.1, 0.15) is 35.3 Å². The lowest BCUT2D eigenvalue weighted by atomic mass is 10.1. The van der Waals surface area contributed by atoms with Gasteiger partial charge in [-0.05, 0) is 63.6 Å². The van der Waals surface area contributed by atoms with Crippen molar-refractivity contribution in [1.29, 1.82) is 0 Å². The Kier molecular flexibility index (Phi) is 6.71. The number of anilines is 1. The largest absolute Gasteiger partial charge is 0.482 e. The number of carbonyl (C=O) groups excluding carboxylic acids is 3. The lowest BCUT2D eigenvalue weighted by molar-refractivity contribution is -0.155. The van der Waals surface area contributed by atoms with Crippen LogP contribution in [-0.2, 0) is 14.3 Å². The molecule has 2 aromatic rings. The standard InChI is InChI=1S/C21H23NO5/c1-13-5-10-19(14(2)11-13)22-21(25)16(4)27-20(24)12-26-18-8-6-17(7-9-18)15(3)23/h5-11,16H,12H2,1-4H3,(H,22,25)/t16-/m0/s1. The van der Waals surface area contributed by atoms with Crippen LogP contribution >= 0.6 is 0 Å². The molecule has 0 aliphatic rings. The molecule has 0 unspecified atom stereocenters. The number of hydrogen-bond acceptors (Lipinski definition) is 5. The molecule has 0 saturated carbocycles. The topological polar surface area (TPSA) is 81.7 Å². The molecule has 27 heavy (non-hydrogen) atoms. The number of ketones is 1. The van der Waals surface area contributed by atoms with Crippen LogP contribution < -0.4 is 10.1 Å². The van der Waals surface area contributed by atoms with E-state index in [1.165, 1.54) is 13.8 Å². The Morgan fingerprint density at radius 2 is 1.70 bits per heavy atom. The number of amides is 1. The second-order valence-corrected chi connectivity index (χ2v) is 6.31. The maximum Gasteiger partial charge on any atom is 0.344 e. The lowest BCUT2D eigenvalue weighted by Gasteiger charge is -2.15. The Morgan fingerprint density at radius 3 is 2.30 bits per heavy atom. The van der Waals surface area contributed by atoms with Crippen LogP contribution in [-0.4, -0.2) is 30.4 Å². The van der Waals surface area contributed by atoms with Gasteiger partial charge in [-0.25, -0.2) is 4.79 Å². The maximum absolute atomic E-state index is 12.2. The first-order valence-electron chi connectivity index (χ1n) is 8.57. The van der Waals surface area contributed by atoms with Crippen LogP contribution in [0.5, 0.6) is 5.75 Å². The summed E-state index contributed by atoms with van der Waals surface area (Å²) in [4.78, 5) is 35.3. The lowest BCUT2D eigenvalue weighted by Crippen LogP contribution is -2.31. The number of Topliss-reactive ketones (excluding diaryl/α,β-unsaturated/α-hetero) is 1. The molecular formula is C21H23NO5.